The van der Waals surface area contributed by atoms with Crippen LogP contribution in [0.1, 0.15) is 31.7 Å². The summed E-state index contributed by atoms with van der Waals surface area (Å²) in [6.45, 7) is 6.43. The number of rotatable bonds is 4. The molecule has 4 rings (SSSR count). The number of amides is 1. The molecule has 0 radical (unpaired) electrons. The van der Waals surface area contributed by atoms with Crippen LogP contribution >= 0.6 is 0 Å². The Labute approximate surface area is 160 Å². The Morgan fingerprint density at radius 3 is 2.70 bits per heavy atom. The molecule has 2 aromatic rings. The third kappa shape index (κ3) is 3.75. The second kappa shape index (κ2) is 7.55. The minimum absolute atomic E-state index is 0.183. The second-order valence-electron chi connectivity index (χ2n) is 7.54. The van der Waals surface area contributed by atoms with E-state index in [4.69, 9.17) is 4.74 Å². The van der Waals surface area contributed by atoms with Crippen molar-refractivity contribution in [2.24, 2.45) is 5.92 Å². The minimum Gasteiger partial charge on any atom is -0.439 e. The Morgan fingerprint density at radius 1 is 1.19 bits per heavy atom. The van der Waals surface area contributed by atoms with E-state index in [-0.39, 0.29) is 12.0 Å². The van der Waals surface area contributed by atoms with E-state index in [1.54, 1.807) is 6.33 Å². The molecular weight excluding hydrogens is 340 g/mol. The molecule has 1 saturated heterocycles. The lowest BCUT2D eigenvalue weighted by molar-refractivity contribution is -0.140. The van der Waals surface area contributed by atoms with Crippen LogP contribution in [0.5, 0.6) is 11.6 Å². The van der Waals surface area contributed by atoms with Gasteiger partial charge in [0.1, 0.15) is 17.9 Å². The molecule has 1 amide bonds. The van der Waals surface area contributed by atoms with Gasteiger partial charge in [-0.2, -0.15) is 0 Å². The summed E-state index contributed by atoms with van der Waals surface area (Å²) in [7, 11) is 0. The van der Waals surface area contributed by atoms with Crippen LogP contribution in [0.3, 0.4) is 0 Å². The minimum atomic E-state index is 0.183. The predicted molar refractivity (Wildman–Crippen MR) is 104 cm³/mol. The average molecular weight is 366 g/mol. The molecule has 1 aromatic carbocycles. The van der Waals surface area contributed by atoms with Crippen molar-refractivity contribution in [1.82, 2.24) is 14.9 Å². The molecule has 2 fully saturated rings. The standard InChI is InChI=1S/C21H26N4O2/c1-15-6-3-4-9-18(15)27-20-12-19(22-14-23-20)24-10-11-25(16(2)13-24)21(26)17-7-5-8-17/h3-4,6,9,12,14,16-17H,5,7-8,10-11,13H2,1-2H3. The predicted octanol–water partition coefficient (Wildman–Crippen LogP) is 3.41. The normalized spacial score (nSPS) is 20.3. The third-order valence-electron chi connectivity index (χ3n) is 5.62. The van der Waals surface area contributed by atoms with Crippen molar-refractivity contribution in [2.45, 2.75) is 39.2 Å². The SMILES string of the molecule is Cc1ccccc1Oc1cc(N2CCN(C(=O)C3CCC3)C(C)C2)ncn1. The number of para-hydroxylation sites is 1. The lowest BCUT2D eigenvalue weighted by Gasteiger charge is -2.43. The van der Waals surface area contributed by atoms with E-state index >= 15 is 0 Å². The number of piperazine rings is 1. The van der Waals surface area contributed by atoms with E-state index in [0.29, 0.717) is 11.8 Å². The zero-order valence-corrected chi connectivity index (χ0v) is 16.0. The number of aryl methyl sites for hydroxylation is 1. The van der Waals surface area contributed by atoms with Crippen LogP contribution < -0.4 is 9.64 Å². The van der Waals surface area contributed by atoms with Crippen molar-refractivity contribution in [3.8, 4) is 11.6 Å². The molecule has 27 heavy (non-hydrogen) atoms. The summed E-state index contributed by atoms with van der Waals surface area (Å²) in [4.78, 5) is 25.5. The van der Waals surface area contributed by atoms with E-state index in [9.17, 15) is 4.79 Å². The number of nitrogens with zero attached hydrogens (tertiary/aromatic N) is 4. The average Bonchev–Trinajstić information content (AvgIpc) is 2.62. The Morgan fingerprint density at radius 2 is 2.00 bits per heavy atom. The quantitative estimate of drug-likeness (QED) is 0.830. The number of hydrogen-bond acceptors (Lipinski definition) is 5. The highest BCUT2D eigenvalue weighted by Crippen LogP contribution is 2.30. The highest BCUT2D eigenvalue weighted by Gasteiger charge is 2.34. The molecule has 6 nitrogen and oxygen atoms in total. The first-order chi connectivity index (χ1) is 13.1. The van der Waals surface area contributed by atoms with Crippen molar-refractivity contribution in [2.75, 3.05) is 24.5 Å². The summed E-state index contributed by atoms with van der Waals surface area (Å²) in [5.74, 6) is 2.77. The largest absolute Gasteiger partial charge is 0.439 e. The van der Waals surface area contributed by atoms with Gasteiger partial charge in [-0.3, -0.25) is 4.79 Å². The lowest BCUT2D eigenvalue weighted by Crippen LogP contribution is -2.56. The summed E-state index contributed by atoms with van der Waals surface area (Å²) < 4.78 is 5.94. The van der Waals surface area contributed by atoms with Gasteiger partial charge in [0.15, 0.2) is 0 Å². The topological polar surface area (TPSA) is 58.6 Å². The first kappa shape index (κ1) is 17.8. The first-order valence-corrected chi connectivity index (χ1v) is 9.73. The number of aromatic nitrogens is 2. The molecular formula is C21H26N4O2. The Bertz CT molecular complexity index is 821. The summed E-state index contributed by atoms with van der Waals surface area (Å²) in [5.41, 5.74) is 1.06. The van der Waals surface area contributed by atoms with Crippen LogP contribution in [-0.2, 0) is 4.79 Å². The van der Waals surface area contributed by atoms with Gasteiger partial charge >= 0.3 is 0 Å². The van der Waals surface area contributed by atoms with Crippen LogP contribution in [-0.4, -0.2) is 46.5 Å². The maximum absolute atomic E-state index is 12.6. The van der Waals surface area contributed by atoms with Gasteiger partial charge in [-0.05, 0) is 38.3 Å². The molecule has 6 heteroatoms. The molecule has 0 bridgehead atoms. The maximum atomic E-state index is 12.6. The molecule has 1 aliphatic heterocycles. The Kier molecular flexibility index (Phi) is 4.97. The van der Waals surface area contributed by atoms with Crippen molar-refractivity contribution in [3.05, 3.63) is 42.2 Å². The summed E-state index contributed by atoms with van der Waals surface area (Å²) in [5, 5.41) is 0. The maximum Gasteiger partial charge on any atom is 0.226 e. The van der Waals surface area contributed by atoms with Gasteiger partial charge in [0.2, 0.25) is 11.8 Å². The number of ether oxygens (including phenoxy) is 1. The summed E-state index contributed by atoms with van der Waals surface area (Å²) >= 11 is 0. The van der Waals surface area contributed by atoms with Gasteiger partial charge in [-0.15, -0.1) is 0 Å². The monoisotopic (exact) mass is 366 g/mol. The van der Waals surface area contributed by atoms with Crippen molar-refractivity contribution in [3.63, 3.8) is 0 Å². The molecule has 1 aliphatic carbocycles. The summed E-state index contributed by atoms with van der Waals surface area (Å²) in [6, 6.07) is 9.94. The first-order valence-electron chi connectivity index (χ1n) is 9.73. The van der Waals surface area contributed by atoms with E-state index in [0.717, 1.165) is 49.6 Å². The van der Waals surface area contributed by atoms with Crippen LogP contribution in [0.2, 0.25) is 0 Å². The molecule has 1 unspecified atom stereocenters. The number of anilines is 1. The zero-order valence-electron chi connectivity index (χ0n) is 16.0. The van der Waals surface area contributed by atoms with Gasteiger partial charge < -0.3 is 14.5 Å². The smallest absolute Gasteiger partial charge is 0.226 e. The fourth-order valence-corrected chi connectivity index (χ4v) is 3.73. The molecule has 1 saturated carbocycles. The van der Waals surface area contributed by atoms with E-state index in [1.165, 1.54) is 6.42 Å². The fraction of sp³-hybridized carbons (Fsp3) is 0.476. The van der Waals surface area contributed by atoms with Gasteiger partial charge in [0.25, 0.3) is 0 Å². The molecule has 1 aromatic heterocycles. The Hall–Kier alpha value is -2.63. The molecule has 0 spiro atoms. The zero-order chi connectivity index (χ0) is 18.8. The number of benzene rings is 1. The van der Waals surface area contributed by atoms with Gasteiger partial charge in [0.05, 0.1) is 0 Å². The van der Waals surface area contributed by atoms with E-state index in [1.807, 2.05) is 42.2 Å². The highest BCUT2D eigenvalue weighted by atomic mass is 16.5. The molecule has 142 valence electrons. The van der Waals surface area contributed by atoms with E-state index < -0.39 is 0 Å². The van der Waals surface area contributed by atoms with Crippen LogP contribution in [0.4, 0.5) is 5.82 Å². The molecule has 2 aliphatic rings. The summed E-state index contributed by atoms with van der Waals surface area (Å²) in [6.07, 6.45) is 4.84. The number of carbonyl (C=O) groups is 1. The second-order valence-corrected chi connectivity index (χ2v) is 7.54. The van der Waals surface area contributed by atoms with Crippen LogP contribution in [0, 0.1) is 12.8 Å². The van der Waals surface area contributed by atoms with E-state index in [2.05, 4.69) is 21.8 Å². The highest BCUT2D eigenvalue weighted by molar-refractivity contribution is 5.80. The Balaban J connectivity index is 1.43. The number of carbonyl (C=O) groups excluding carboxylic acids is 1. The molecule has 1 atom stereocenters. The van der Waals surface area contributed by atoms with Crippen LogP contribution in [0.15, 0.2) is 36.7 Å². The van der Waals surface area contributed by atoms with Gasteiger partial charge in [-0.25, -0.2) is 9.97 Å². The molecule has 0 N–H and O–H groups in total. The van der Waals surface area contributed by atoms with Crippen molar-refractivity contribution >= 4 is 11.7 Å². The molecule has 2 heterocycles. The van der Waals surface area contributed by atoms with Gasteiger partial charge in [0, 0.05) is 37.7 Å². The van der Waals surface area contributed by atoms with Crippen molar-refractivity contribution < 1.29 is 9.53 Å². The van der Waals surface area contributed by atoms with Gasteiger partial charge in [-0.1, -0.05) is 24.6 Å². The van der Waals surface area contributed by atoms with Crippen molar-refractivity contribution in [1.29, 1.82) is 0 Å². The fourth-order valence-electron chi connectivity index (χ4n) is 3.73. The third-order valence-corrected chi connectivity index (χ3v) is 5.62. The number of hydrogen-bond donors (Lipinski definition) is 0. The lowest BCUT2D eigenvalue weighted by atomic mass is 9.84. The van der Waals surface area contributed by atoms with Crippen LogP contribution in [0.25, 0.3) is 0 Å².